The van der Waals surface area contributed by atoms with Crippen LogP contribution in [0.1, 0.15) is 19.4 Å². The monoisotopic (exact) mass is 284 g/mol. The number of hydrogen-bond donors (Lipinski definition) is 1. The summed E-state index contributed by atoms with van der Waals surface area (Å²) in [5.74, 6) is 0.426. The average molecular weight is 284 g/mol. The minimum Gasteiger partial charge on any atom is -0.311 e. The van der Waals surface area contributed by atoms with E-state index in [9.17, 15) is 4.79 Å². The molecule has 0 aliphatic heterocycles. The first-order chi connectivity index (χ1) is 9.45. The molecule has 102 valence electrons. The molecule has 1 heterocycles. The number of thioether (sulfide) groups is 1. The summed E-state index contributed by atoms with van der Waals surface area (Å²) in [7, 11) is 0. The number of carbonyl (C=O) groups excluding carboxylic acids is 1. The Hall–Kier alpha value is -2.07. The number of nitrogens with one attached hydrogen (secondary N) is 1. The highest BCUT2D eigenvalue weighted by Gasteiger charge is 2.04. The lowest BCUT2D eigenvalue weighted by Gasteiger charge is -2.08. The number of benzene rings is 1. The zero-order chi connectivity index (χ0) is 14.7. The molecule has 0 spiro atoms. The Bertz CT molecular complexity index is 707. The lowest BCUT2D eigenvalue weighted by molar-refractivity contribution is -0.114. The predicted octanol–water partition coefficient (Wildman–Crippen LogP) is 4.43. The molecule has 1 N–H and O–H groups in total. The maximum Gasteiger partial charge on any atom is 0.222 e. The third-order valence-electron chi connectivity index (χ3n) is 2.65. The van der Waals surface area contributed by atoms with Crippen molar-refractivity contribution in [3.8, 4) is 0 Å². The van der Waals surface area contributed by atoms with Gasteiger partial charge in [-0.3, -0.25) is 4.79 Å². The molecular weight excluding hydrogens is 268 g/mol. The maximum atomic E-state index is 11.1. The van der Waals surface area contributed by atoms with E-state index < -0.39 is 0 Å². The lowest BCUT2D eigenvalue weighted by atomic mass is 10.1. The summed E-state index contributed by atoms with van der Waals surface area (Å²) in [5, 5.41) is 4.73. The first kappa shape index (κ1) is 14.3. The maximum absolute atomic E-state index is 11.1. The Morgan fingerprint density at radius 1 is 1.20 bits per heavy atom. The summed E-state index contributed by atoms with van der Waals surface area (Å²) < 4.78 is 0. The van der Waals surface area contributed by atoms with Crippen molar-refractivity contribution in [2.45, 2.75) is 13.8 Å². The Labute approximate surface area is 122 Å². The number of fused-ring (bicyclic) bond motifs is 1. The quantitative estimate of drug-likeness (QED) is 0.903. The van der Waals surface area contributed by atoms with Gasteiger partial charge in [-0.15, -0.1) is 0 Å². The summed E-state index contributed by atoms with van der Waals surface area (Å²) in [6.45, 7) is 11.4. The molecule has 3 nitrogen and oxygen atoms in total. The molecule has 20 heavy (non-hydrogen) atoms. The van der Waals surface area contributed by atoms with Crippen LogP contribution in [0.15, 0.2) is 48.5 Å². The molecule has 0 fully saturated rings. The molecule has 0 unspecified atom stereocenters. The van der Waals surface area contributed by atoms with Gasteiger partial charge in [0.2, 0.25) is 5.91 Å². The van der Waals surface area contributed by atoms with Crippen LogP contribution in [0.3, 0.4) is 0 Å². The van der Waals surface area contributed by atoms with Crippen molar-refractivity contribution in [2.24, 2.45) is 0 Å². The molecule has 0 radical (unpaired) electrons. The fraction of sp³-hybridized carbons (Fsp3) is 0.125. The van der Waals surface area contributed by atoms with Gasteiger partial charge in [0, 0.05) is 23.4 Å². The van der Waals surface area contributed by atoms with Crippen molar-refractivity contribution >= 4 is 39.2 Å². The van der Waals surface area contributed by atoms with E-state index in [1.165, 1.54) is 6.92 Å². The van der Waals surface area contributed by atoms with Gasteiger partial charge in [0.15, 0.2) is 0 Å². The van der Waals surface area contributed by atoms with Gasteiger partial charge in [-0.1, -0.05) is 37.1 Å². The van der Waals surface area contributed by atoms with Crippen LogP contribution in [-0.2, 0) is 4.79 Å². The Morgan fingerprint density at radius 3 is 2.60 bits per heavy atom. The normalized spacial score (nSPS) is 10.3. The van der Waals surface area contributed by atoms with Crippen LogP contribution < -0.4 is 5.32 Å². The fourth-order valence-corrected chi connectivity index (χ4v) is 2.50. The number of rotatable bonds is 4. The Kier molecular flexibility index (Phi) is 4.25. The Morgan fingerprint density at radius 2 is 1.95 bits per heavy atom. The van der Waals surface area contributed by atoms with Crippen molar-refractivity contribution < 1.29 is 4.79 Å². The summed E-state index contributed by atoms with van der Waals surface area (Å²) in [4.78, 5) is 17.2. The molecule has 0 aliphatic rings. The van der Waals surface area contributed by atoms with Gasteiger partial charge >= 0.3 is 0 Å². The van der Waals surface area contributed by atoms with E-state index in [0.717, 1.165) is 26.1 Å². The predicted molar refractivity (Wildman–Crippen MR) is 87.5 cm³/mol. The van der Waals surface area contributed by atoms with Crippen LogP contribution in [0.25, 0.3) is 15.7 Å². The molecule has 2 rings (SSSR count). The molecule has 0 saturated carbocycles. The smallest absolute Gasteiger partial charge is 0.222 e. The van der Waals surface area contributed by atoms with Crippen molar-refractivity contribution in [1.29, 1.82) is 0 Å². The van der Waals surface area contributed by atoms with Crippen molar-refractivity contribution in [3.05, 3.63) is 54.1 Å². The number of nitrogens with zero attached hydrogens (tertiary/aromatic N) is 1. The molecule has 1 aromatic heterocycles. The molecule has 0 saturated heterocycles. The number of anilines is 1. The fourth-order valence-electron chi connectivity index (χ4n) is 1.83. The second-order valence-electron chi connectivity index (χ2n) is 4.54. The minimum atomic E-state index is -0.129. The highest BCUT2D eigenvalue weighted by Crippen LogP contribution is 2.32. The number of pyridine rings is 1. The standard InChI is InChI=1S/C16H16N2OS/c1-10(2)20-11(3)13-5-6-14-9-17-16(18-12(4)19)8-15(14)7-13/h5-9H,1,3H2,2,4H3,(H,17,18,19). The van der Waals surface area contributed by atoms with E-state index in [2.05, 4.69) is 23.5 Å². The van der Waals surface area contributed by atoms with Crippen LogP contribution in [-0.4, -0.2) is 10.9 Å². The summed E-state index contributed by atoms with van der Waals surface area (Å²) in [6.07, 6.45) is 1.75. The second kappa shape index (κ2) is 5.92. The van der Waals surface area contributed by atoms with E-state index in [-0.39, 0.29) is 5.91 Å². The SMILES string of the molecule is C=C(C)SC(=C)c1ccc2cnc(NC(C)=O)cc2c1. The molecule has 2 aromatic rings. The van der Waals surface area contributed by atoms with E-state index in [1.54, 1.807) is 18.0 Å². The van der Waals surface area contributed by atoms with Gasteiger partial charge in [-0.25, -0.2) is 4.98 Å². The van der Waals surface area contributed by atoms with E-state index >= 15 is 0 Å². The third-order valence-corrected chi connectivity index (χ3v) is 3.48. The summed E-state index contributed by atoms with van der Waals surface area (Å²) >= 11 is 1.56. The van der Waals surface area contributed by atoms with Crippen LogP contribution in [0.2, 0.25) is 0 Å². The molecule has 0 atom stereocenters. The van der Waals surface area contributed by atoms with Gasteiger partial charge in [0.05, 0.1) is 0 Å². The highest BCUT2D eigenvalue weighted by molar-refractivity contribution is 8.11. The zero-order valence-corrected chi connectivity index (χ0v) is 12.4. The van der Waals surface area contributed by atoms with Crippen molar-refractivity contribution in [2.75, 3.05) is 5.32 Å². The first-order valence-electron chi connectivity index (χ1n) is 6.16. The number of hydrogen-bond acceptors (Lipinski definition) is 3. The minimum absolute atomic E-state index is 0.129. The van der Waals surface area contributed by atoms with Gasteiger partial charge in [0.25, 0.3) is 0 Å². The molecule has 0 aliphatic carbocycles. The Balaban J connectivity index is 2.38. The molecule has 1 aromatic carbocycles. The summed E-state index contributed by atoms with van der Waals surface area (Å²) in [5.41, 5.74) is 1.05. The summed E-state index contributed by atoms with van der Waals surface area (Å²) in [6, 6.07) is 7.92. The van der Waals surface area contributed by atoms with Gasteiger partial charge in [-0.05, 0) is 34.9 Å². The molecule has 0 bridgehead atoms. The highest BCUT2D eigenvalue weighted by atomic mass is 32.2. The number of allylic oxidation sites excluding steroid dienone is 1. The van der Waals surface area contributed by atoms with E-state index in [0.29, 0.717) is 5.82 Å². The number of amides is 1. The molecule has 4 heteroatoms. The van der Waals surface area contributed by atoms with Crippen LogP contribution in [0.4, 0.5) is 5.82 Å². The zero-order valence-electron chi connectivity index (χ0n) is 11.6. The van der Waals surface area contributed by atoms with Crippen molar-refractivity contribution in [1.82, 2.24) is 4.98 Å². The lowest BCUT2D eigenvalue weighted by Crippen LogP contribution is -2.06. The van der Waals surface area contributed by atoms with E-state index in [1.807, 2.05) is 31.2 Å². The van der Waals surface area contributed by atoms with Crippen LogP contribution in [0, 0.1) is 0 Å². The molecule has 1 amide bonds. The average Bonchev–Trinajstić information content (AvgIpc) is 2.36. The second-order valence-corrected chi connectivity index (χ2v) is 5.93. The third kappa shape index (κ3) is 3.48. The molecular formula is C16H16N2OS. The number of carbonyl (C=O) groups is 1. The topological polar surface area (TPSA) is 42.0 Å². The number of aromatic nitrogens is 1. The van der Waals surface area contributed by atoms with Gasteiger partial charge < -0.3 is 5.32 Å². The van der Waals surface area contributed by atoms with E-state index in [4.69, 9.17) is 0 Å². The van der Waals surface area contributed by atoms with Crippen LogP contribution >= 0.6 is 11.8 Å². The first-order valence-corrected chi connectivity index (χ1v) is 6.97. The largest absolute Gasteiger partial charge is 0.311 e. The van der Waals surface area contributed by atoms with Gasteiger partial charge in [0.1, 0.15) is 5.82 Å². The van der Waals surface area contributed by atoms with Gasteiger partial charge in [-0.2, -0.15) is 0 Å². The van der Waals surface area contributed by atoms with Crippen molar-refractivity contribution in [3.63, 3.8) is 0 Å². The van der Waals surface area contributed by atoms with Crippen LogP contribution in [0.5, 0.6) is 0 Å².